The SMILES string of the molecule is Oc1c(Br)cccc1C1=NCCO1. The Morgan fingerprint density at radius 3 is 3.00 bits per heavy atom. The van der Waals surface area contributed by atoms with E-state index < -0.39 is 0 Å². The number of aromatic hydroxyl groups is 1. The van der Waals surface area contributed by atoms with E-state index in [0.717, 1.165) is 0 Å². The number of halogens is 1. The number of phenolic OH excluding ortho intramolecular Hbond substituents is 1. The molecule has 0 amide bonds. The van der Waals surface area contributed by atoms with E-state index in [2.05, 4.69) is 20.9 Å². The smallest absolute Gasteiger partial charge is 0.220 e. The van der Waals surface area contributed by atoms with Gasteiger partial charge in [0.1, 0.15) is 12.4 Å². The molecule has 0 bridgehead atoms. The van der Waals surface area contributed by atoms with Crippen LogP contribution < -0.4 is 0 Å². The Hall–Kier alpha value is -1.03. The van der Waals surface area contributed by atoms with Crippen molar-refractivity contribution in [2.45, 2.75) is 0 Å². The summed E-state index contributed by atoms with van der Waals surface area (Å²) in [6.45, 7) is 1.27. The highest BCUT2D eigenvalue weighted by atomic mass is 79.9. The lowest BCUT2D eigenvalue weighted by molar-refractivity contribution is 0.346. The molecule has 0 aliphatic carbocycles. The molecule has 0 unspecified atom stereocenters. The molecule has 0 atom stereocenters. The first-order chi connectivity index (χ1) is 6.29. The van der Waals surface area contributed by atoms with Crippen molar-refractivity contribution < 1.29 is 9.84 Å². The van der Waals surface area contributed by atoms with E-state index in [1.807, 2.05) is 6.07 Å². The van der Waals surface area contributed by atoms with E-state index >= 15 is 0 Å². The highest BCUT2D eigenvalue weighted by Crippen LogP contribution is 2.28. The van der Waals surface area contributed by atoms with Gasteiger partial charge < -0.3 is 9.84 Å². The van der Waals surface area contributed by atoms with Crippen LogP contribution in [0.15, 0.2) is 27.7 Å². The number of rotatable bonds is 1. The fourth-order valence-corrected chi connectivity index (χ4v) is 1.55. The third kappa shape index (κ3) is 1.54. The molecule has 1 heterocycles. The molecule has 3 nitrogen and oxygen atoms in total. The molecule has 0 saturated heterocycles. The summed E-state index contributed by atoms with van der Waals surface area (Å²) in [4.78, 5) is 4.12. The second kappa shape index (κ2) is 3.38. The molecular formula is C9H8BrNO2. The van der Waals surface area contributed by atoms with Gasteiger partial charge in [0.2, 0.25) is 5.90 Å². The van der Waals surface area contributed by atoms with Gasteiger partial charge in [-0.2, -0.15) is 0 Å². The lowest BCUT2D eigenvalue weighted by Crippen LogP contribution is -2.01. The fourth-order valence-electron chi connectivity index (χ4n) is 1.19. The van der Waals surface area contributed by atoms with Gasteiger partial charge in [0.25, 0.3) is 0 Å². The average molecular weight is 242 g/mol. The maximum Gasteiger partial charge on any atom is 0.220 e. The molecule has 4 heteroatoms. The Balaban J connectivity index is 2.45. The maximum absolute atomic E-state index is 9.65. The number of para-hydroxylation sites is 1. The predicted octanol–water partition coefficient (Wildman–Crippen LogP) is 1.93. The first kappa shape index (κ1) is 8.56. The summed E-state index contributed by atoms with van der Waals surface area (Å²) in [5.74, 6) is 0.710. The van der Waals surface area contributed by atoms with E-state index in [1.165, 1.54) is 0 Å². The first-order valence-corrected chi connectivity index (χ1v) is 4.73. The normalized spacial score (nSPS) is 15.3. The van der Waals surface area contributed by atoms with Crippen LogP contribution in [0.2, 0.25) is 0 Å². The predicted molar refractivity (Wildman–Crippen MR) is 53.2 cm³/mol. The maximum atomic E-state index is 9.65. The summed E-state index contributed by atoms with van der Waals surface area (Å²) in [5, 5.41) is 9.65. The standard InChI is InChI=1S/C9H8BrNO2/c10-7-3-1-2-6(8(7)12)9-11-4-5-13-9/h1-3,12H,4-5H2. The van der Waals surface area contributed by atoms with Crippen molar-refractivity contribution in [2.75, 3.05) is 13.2 Å². The number of phenols is 1. The van der Waals surface area contributed by atoms with Crippen LogP contribution in [-0.4, -0.2) is 24.2 Å². The summed E-state index contributed by atoms with van der Waals surface area (Å²) in [6.07, 6.45) is 0. The van der Waals surface area contributed by atoms with Gasteiger partial charge in [-0.3, -0.25) is 0 Å². The van der Waals surface area contributed by atoms with Crippen LogP contribution in [0.3, 0.4) is 0 Å². The Morgan fingerprint density at radius 2 is 2.31 bits per heavy atom. The van der Waals surface area contributed by atoms with Gasteiger partial charge in [-0.1, -0.05) is 6.07 Å². The first-order valence-electron chi connectivity index (χ1n) is 3.94. The molecule has 2 rings (SSSR count). The van der Waals surface area contributed by atoms with Crippen LogP contribution >= 0.6 is 15.9 Å². The van der Waals surface area contributed by atoms with E-state index in [4.69, 9.17) is 4.74 Å². The number of hydrogen-bond donors (Lipinski definition) is 1. The van der Waals surface area contributed by atoms with E-state index in [9.17, 15) is 5.11 Å². The van der Waals surface area contributed by atoms with Gasteiger partial charge in [0, 0.05) is 0 Å². The zero-order valence-corrected chi connectivity index (χ0v) is 8.41. The lowest BCUT2D eigenvalue weighted by atomic mass is 10.2. The summed E-state index contributed by atoms with van der Waals surface area (Å²) in [7, 11) is 0. The minimum absolute atomic E-state index is 0.183. The molecule has 1 N–H and O–H groups in total. The van der Waals surface area contributed by atoms with Crippen molar-refractivity contribution in [1.29, 1.82) is 0 Å². The molecule has 1 aliphatic rings. The Bertz CT molecular complexity index is 363. The fraction of sp³-hybridized carbons (Fsp3) is 0.222. The molecule has 0 saturated carbocycles. The minimum atomic E-state index is 0.183. The van der Waals surface area contributed by atoms with Crippen LogP contribution in [-0.2, 0) is 4.74 Å². The Morgan fingerprint density at radius 1 is 1.46 bits per heavy atom. The molecule has 1 aliphatic heterocycles. The van der Waals surface area contributed by atoms with Crippen LogP contribution in [0, 0.1) is 0 Å². The van der Waals surface area contributed by atoms with Crippen molar-refractivity contribution in [1.82, 2.24) is 0 Å². The van der Waals surface area contributed by atoms with Gasteiger partial charge >= 0.3 is 0 Å². The van der Waals surface area contributed by atoms with Crippen LogP contribution in [0.25, 0.3) is 0 Å². The van der Waals surface area contributed by atoms with Gasteiger partial charge in [0.15, 0.2) is 0 Å². The van der Waals surface area contributed by atoms with Crippen LogP contribution in [0.4, 0.5) is 0 Å². The highest BCUT2D eigenvalue weighted by molar-refractivity contribution is 9.10. The van der Waals surface area contributed by atoms with Crippen molar-refractivity contribution in [3.05, 3.63) is 28.2 Å². The number of hydrogen-bond acceptors (Lipinski definition) is 3. The number of benzene rings is 1. The summed E-state index contributed by atoms with van der Waals surface area (Å²) >= 11 is 3.23. The van der Waals surface area contributed by atoms with E-state index in [1.54, 1.807) is 12.1 Å². The zero-order chi connectivity index (χ0) is 9.26. The number of aliphatic imine (C=N–C) groups is 1. The summed E-state index contributed by atoms with van der Waals surface area (Å²) < 4.78 is 5.90. The number of ether oxygens (including phenoxy) is 1. The second-order valence-electron chi connectivity index (χ2n) is 2.67. The third-order valence-electron chi connectivity index (χ3n) is 1.80. The molecule has 0 fully saturated rings. The third-order valence-corrected chi connectivity index (χ3v) is 2.44. The molecule has 0 radical (unpaired) electrons. The molecule has 1 aromatic rings. The van der Waals surface area contributed by atoms with Gasteiger partial charge in [-0.25, -0.2) is 4.99 Å². The molecule has 13 heavy (non-hydrogen) atoms. The van der Waals surface area contributed by atoms with Gasteiger partial charge in [0.05, 0.1) is 16.6 Å². The monoisotopic (exact) mass is 241 g/mol. The molecule has 0 aromatic heterocycles. The molecule has 68 valence electrons. The minimum Gasteiger partial charge on any atom is -0.506 e. The summed E-state index contributed by atoms with van der Waals surface area (Å²) in [5.41, 5.74) is 0.645. The van der Waals surface area contributed by atoms with E-state index in [-0.39, 0.29) is 5.75 Å². The largest absolute Gasteiger partial charge is 0.506 e. The molecular weight excluding hydrogens is 234 g/mol. The Labute approximate surface area is 84.2 Å². The van der Waals surface area contributed by atoms with Crippen molar-refractivity contribution in [3.63, 3.8) is 0 Å². The molecule has 1 aromatic carbocycles. The quantitative estimate of drug-likeness (QED) is 0.817. The van der Waals surface area contributed by atoms with Gasteiger partial charge in [-0.15, -0.1) is 0 Å². The highest BCUT2D eigenvalue weighted by Gasteiger charge is 2.15. The average Bonchev–Trinajstić information content (AvgIpc) is 2.62. The zero-order valence-electron chi connectivity index (χ0n) is 6.83. The van der Waals surface area contributed by atoms with Crippen molar-refractivity contribution in [3.8, 4) is 5.75 Å². The van der Waals surface area contributed by atoms with E-state index in [0.29, 0.717) is 29.1 Å². The van der Waals surface area contributed by atoms with Gasteiger partial charge in [-0.05, 0) is 28.1 Å². The topological polar surface area (TPSA) is 41.8 Å². The van der Waals surface area contributed by atoms with Crippen LogP contribution in [0.5, 0.6) is 5.75 Å². The number of nitrogens with zero attached hydrogens (tertiary/aromatic N) is 1. The second-order valence-corrected chi connectivity index (χ2v) is 3.53. The lowest BCUT2D eigenvalue weighted by Gasteiger charge is -2.05. The van der Waals surface area contributed by atoms with Crippen molar-refractivity contribution >= 4 is 21.8 Å². The summed E-state index contributed by atoms with van der Waals surface area (Å²) in [6, 6.07) is 5.39. The van der Waals surface area contributed by atoms with Crippen molar-refractivity contribution in [2.24, 2.45) is 4.99 Å². The Kier molecular flexibility index (Phi) is 2.22. The molecule has 0 spiro atoms. The van der Waals surface area contributed by atoms with Crippen LogP contribution in [0.1, 0.15) is 5.56 Å².